The molecule has 0 unspecified atom stereocenters. The van der Waals surface area contributed by atoms with Gasteiger partial charge in [-0.25, -0.2) is 4.98 Å². The Hall–Kier alpha value is -0.825. The summed E-state index contributed by atoms with van der Waals surface area (Å²) in [7, 11) is 2.78. The zero-order chi connectivity index (χ0) is 18.9. The number of aromatic nitrogens is 1. The van der Waals surface area contributed by atoms with Crippen LogP contribution in [0.3, 0.4) is 0 Å². The summed E-state index contributed by atoms with van der Waals surface area (Å²) in [5.41, 5.74) is 1.02. The van der Waals surface area contributed by atoms with E-state index < -0.39 is 0 Å². The summed E-state index contributed by atoms with van der Waals surface area (Å²) in [4.78, 5) is 6.02. The van der Waals surface area contributed by atoms with Gasteiger partial charge in [-0.1, -0.05) is 102 Å². The highest BCUT2D eigenvalue weighted by molar-refractivity contribution is 7.12. The molecule has 0 bridgehead atoms. The second-order valence-corrected chi connectivity index (χ2v) is 9.74. The molecule has 0 aromatic carbocycles. The second kappa shape index (κ2) is 11.2. The first-order valence-electron chi connectivity index (χ1n) is 11.4. The van der Waals surface area contributed by atoms with E-state index in [1.807, 2.05) is 23.5 Å². The number of rotatable bonds is 5. The van der Waals surface area contributed by atoms with Gasteiger partial charge in [-0.3, -0.25) is 0 Å². The van der Waals surface area contributed by atoms with Crippen LogP contribution in [0.2, 0.25) is 11.6 Å². The van der Waals surface area contributed by atoms with Crippen LogP contribution in [0.4, 0.5) is 0 Å². The summed E-state index contributed by atoms with van der Waals surface area (Å²) in [5, 5.41) is 1.31. The fourth-order valence-corrected chi connectivity index (χ4v) is 6.07. The van der Waals surface area contributed by atoms with Crippen LogP contribution in [0.25, 0.3) is 12.2 Å². The highest BCUT2D eigenvalue weighted by Crippen LogP contribution is 2.42. The van der Waals surface area contributed by atoms with E-state index in [-0.39, 0.29) is 0 Å². The molecule has 0 N–H and O–H groups in total. The molecule has 1 nitrogen and oxygen atoms in total. The van der Waals surface area contributed by atoms with Gasteiger partial charge < -0.3 is 0 Å². The van der Waals surface area contributed by atoms with Crippen molar-refractivity contribution in [3.8, 4) is 0 Å². The third kappa shape index (κ3) is 6.34. The van der Waals surface area contributed by atoms with Crippen LogP contribution in [0.15, 0.2) is 13.2 Å². The number of hydrogen-bond donors (Lipinski definition) is 0. The zero-order valence-corrected chi connectivity index (χ0v) is 17.9. The maximum Gasteiger partial charge on any atom is 0.117 e. The predicted octanol–water partition coefficient (Wildman–Crippen LogP) is 8.28. The van der Waals surface area contributed by atoms with E-state index in [9.17, 15) is 0 Å². The lowest BCUT2D eigenvalue weighted by Crippen LogP contribution is -2.18. The quantitative estimate of drug-likeness (QED) is 0.467. The SMILES string of the molecule is C=Cc1nc(C2CCC([B]C3CCCCCCCCCC3)CC2)sc1C=C. The average molecular weight is 382 g/mol. The lowest BCUT2D eigenvalue weighted by atomic mass is 9.49. The molecular weight excluding hydrogens is 345 g/mol. The van der Waals surface area contributed by atoms with Gasteiger partial charge in [0.25, 0.3) is 0 Å². The Kier molecular flexibility index (Phi) is 8.70. The minimum absolute atomic E-state index is 0.652. The molecule has 1 aromatic rings. The molecule has 3 heteroatoms. The zero-order valence-electron chi connectivity index (χ0n) is 17.1. The summed E-state index contributed by atoms with van der Waals surface area (Å²) >= 11 is 1.83. The third-order valence-corrected chi connectivity index (χ3v) is 7.87. The Balaban J connectivity index is 1.48. The fourth-order valence-electron chi connectivity index (χ4n) is 4.98. The maximum atomic E-state index is 4.83. The standard InChI is InChI=1S/C24H37BNS/c1-3-22-23(4-2)27-24(26-22)19-15-17-21(18-16-19)25-20-13-11-9-7-5-6-8-10-12-14-20/h3-4,19-21H,1-2,5-18H2. The van der Waals surface area contributed by atoms with Crippen LogP contribution in [-0.2, 0) is 0 Å². The maximum absolute atomic E-state index is 4.83. The Bertz CT molecular complexity index is 548. The molecule has 2 fully saturated rings. The molecule has 1 heterocycles. The van der Waals surface area contributed by atoms with Crippen LogP contribution < -0.4 is 0 Å². The van der Waals surface area contributed by atoms with Crippen LogP contribution in [0, 0.1) is 0 Å². The third-order valence-electron chi connectivity index (χ3n) is 6.64. The van der Waals surface area contributed by atoms with E-state index in [0.29, 0.717) is 5.92 Å². The van der Waals surface area contributed by atoms with Crippen LogP contribution in [-0.4, -0.2) is 12.3 Å². The van der Waals surface area contributed by atoms with Gasteiger partial charge in [0.1, 0.15) is 7.28 Å². The van der Waals surface area contributed by atoms with Crippen molar-refractivity contribution in [3.63, 3.8) is 0 Å². The molecule has 2 aliphatic rings. The molecule has 2 saturated carbocycles. The van der Waals surface area contributed by atoms with Crippen molar-refractivity contribution in [1.82, 2.24) is 4.98 Å². The summed E-state index contributed by atoms with van der Waals surface area (Å²) in [6.07, 6.45) is 23.7. The van der Waals surface area contributed by atoms with E-state index in [4.69, 9.17) is 4.98 Å². The lowest BCUT2D eigenvalue weighted by Gasteiger charge is -2.29. The topological polar surface area (TPSA) is 12.9 Å². The molecule has 27 heavy (non-hydrogen) atoms. The molecule has 2 aliphatic carbocycles. The molecule has 3 rings (SSSR count). The molecule has 0 amide bonds. The number of nitrogens with zero attached hydrogens (tertiary/aromatic N) is 1. The van der Waals surface area contributed by atoms with Crippen molar-refractivity contribution in [1.29, 1.82) is 0 Å². The van der Waals surface area contributed by atoms with Gasteiger partial charge in [0.05, 0.1) is 15.6 Å². The minimum atomic E-state index is 0.652. The van der Waals surface area contributed by atoms with E-state index in [2.05, 4.69) is 20.4 Å². The van der Waals surface area contributed by atoms with Gasteiger partial charge >= 0.3 is 0 Å². The van der Waals surface area contributed by atoms with E-state index in [0.717, 1.165) is 17.3 Å². The first-order valence-corrected chi connectivity index (χ1v) is 12.2. The monoisotopic (exact) mass is 382 g/mol. The summed E-state index contributed by atoms with van der Waals surface area (Å²) in [6.45, 7) is 7.82. The summed E-state index contributed by atoms with van der Waals surface area (Å²) in [5.74, 6) is 2.37. The van der Waals surface area contributed by atoms with Crippen molar-refractivity contribution in [2.45, 2.75) is 107 Å². The van der Waals surface area contributed by atoms with E-state index >= 15 is 0 Å². The Morgan fingerprint density at radius 1 is 0.741 bits per heavy atom. The van der Waals surface area contributed by atoms with E-state index in [1.54, 1.807) is 0 Å². The fraction of sp³-hybridized carbons (Fsp3) is 0.708. The molecule has 0 atom stereocenters. The lowest BCUT2D eigenvalue weighted by molar-refractivity contribution is 0.434. The average Bonchev–Trinajstić information content (AvgIpc) is 3.10. The van der Waals surface area contributed by atoms with Gasteiger partial charge in [0.15, 0.2) is 0 Å². The van der Waals surface area contributed by atoms with Gasteiger partial charge in [-0.05, 0) is 25.0 Å². The first-order chi connectivity index (χ1) is 13.3. The van der Waals surface area contributed by atoms with Crippen LogP contribution in [0.5, 0.6) is 0 Å². The Morgan fingerprint density at radius 3 is 1.81 bits per heavy atom. The summed E-state index contributed by atoms with van der Waals surface area (Å²) < 4.78 is 0. The number of hydrogen-bond acceptors (Lipinski definition) is 2. The summed E-state index contributed by atoms with van der Waals surface area (Å²) in [6, 6.07) is 0. The van der Waals surface area contributed by atoms with Gasteiger partial charge in [0, 0.05) is 5.92 Å². The van der Waals surface area contributed by atoms with E-state index in [1.165, 1.54) is 99.8 Å². The van der Waals surface area contributed by atoms with Crippen molar-refractivity contribution in [2.75, 3.05) is 0 Å². The molecule has 147 valence electrons. The molecule has 0 spiro atoms. The smallest absolute Gasteiger partial charge is 0.117 e. The molecule has 0 saturated heterocycles. The first kappa shape index (κ1) is 20.9. The van der Waals surface area contributed by atoms with Crippen molar-refractivity contribution >= 4 is 30.8 Å². The van der Waals surface area contributed by atoms with Crippen LogP contribution >= 0.6 is 11.3 Å². The number of thiazole rings is 1. The highest BCUT2D eigenvalue weighted by atomic mass is 32.1. The molecular formula is C24H37BNS. The van der Waals surface area contributed by atoms with Gasteiger partial charge in [0.2, 0.25) is 0 Å². The largest absolute Gasteiger partial charge is 0.241 e. The minimum Gasteiger partial charge on any atom is -0.241 e. The highest BCUT2D eigenvalue weighted by Gasteiger charge is 2.27. The Labute approximate surface area is 172 Å². The Morgan fingerprint density at radius 2 is 1.30 bits per heavy atom. The van der Waals surface area contributed by atoms with Gasteiger partial charge in [-0.2, -0.15) is 0 Å². The van der Waals surface area contributed by atoms with Crippen molar-refractivity contribution in [2.24, 2.45) is 0 Å². The molecule has 1 radical (unpaired) electrons. The normalized spacial score (nSPS) is 26.1. The van der Waals surface area contributed by atoms with Crippen LogP contribution in [0.1, 0.15) is 111 Å². The van der Waals surface area contributed by atoms with Crippen molar-refractivity contribution in [3.05, 3.63) is 28.7 Å². The second-order valence-electron chi connectivity index (χ2n) is 8.68. The van der Waals surface area contributed by atoms with Gasteiger partial charge in [-0.15, -0.1) is 11.3 Å². The predicted molar refractivity (Wildman–Crippen MR) is 123 cm³/mol. The molecule has 0 aliphatic heterocycles. The molecule has 1 aromatic heterocycles. The van der Waals surface area contributed by atoms with Crippen molar-refractivity contribution < 1.29 is 0 Å².